The highest BCUT2D eigenvalue weighted by molar-refractivity contribution is 5.94. The molecule has 0 heterocycles. The highest BCUT2D eigenvalue weighted by Crippen LogP contribution is 2.19. The maximum atomic E-state index is 12.3. The Bertz CT molecular complexity index is 941. The maximum absolute atomic E-state index is 12.3. The van der Waals surface area contributed by atoms with Crippen LogP contribution in [0.5, 0.6) is 0 Å². The van der Waals surface area contributed by atoms with Crippen LogP contribution in [0, 0.1) is 0 Å². The van der Waals surface area contributed by atoms with Gasteiger partial charge in [-0.05, 0) is 41.7 Å². The Morgan fingerprint density at radius 3 is 2.06 bits per heavy atom. The molecule has 0 aliphatic heterocycles. The average molecular weight is 417 g/mol. The summed E-state index contributed by atoms with van der Waals surface area (Å²) in [5.74, 6) is -0.204. The normalized spacial score (nSPS) is 10.5. The van der Waals surface area contributed by atoms with Crippen molar-refractivity contribution in [2.75, 3.05) is 6.54 Å². The fourth-order valence-corrected chi connectivity index (χ4v) is 3.16. The van der Waals surface area contributed by atoms with Gasteiger partial charge in [-0.15, -0.1) is 0 Å². The molecule has 0 saturated carbocycles. The number of benzene rings is 3. The van der Waals surface area contributed by atoms with Crippen molar-refractivity contribution >= 4 is 11.8 Å². The molecule has 0 atom stereocenters. The van der Waals surface area contributed by atoms with Crippen LogP contribution in [-0.2, 0) is 16.2 Å². The van der Waals surface area contributed by atoms with Gasteiger partial charge in [-0.25, -0.2) is 5.48 Å². The lowest BCUT2D eigenvalue weighted by Crippen LogP contribution is -2.25. The highest BCUT2D eigenvalue weighted by Gasteiger charge is 2.06. The molecule has 0 unspecified atom stereocenters. The zero-order valence-electron chi connectivity index (χ0n) is 17.6. The highest BCUT2D eigenvalue weighted by atomic mass is 16.6. The molecule has 2 amide bonds. The van der Waals surface area contributed by atoms with Crippen LogP contribution in [-0.4, -0.2) is 18.4 Å². The van der Waals surface area contributed by atoms with E-state index in [2.05, 4.69) is 10.8 Å². The molecule has 0 saturated heterocycles. The topological polar surface area (TPSA) is 67.4 Å². The second kappa shape index (κ2) is 12.3. The molecule has 3 aromatic carbocycles. The van der Waals surface area contributed by atoms with Crippen LogP contribution in [0.4, 0.5) is 0 Å². The molecule has 0 radical (unpaired) electrons. The number of carbonyl (C=O) groups is 2. The van der Waals surface area contributed by atoms with Crippen LogP contribution < -0.4 is 10.8 Å². The first-order valence-corrected chi connectivity index (χ1v) is 10.6. The Balaban J connectivity index is 1.26. The summed E-state index contributed by atoms with van der Waals surface area (Å²) < 4.78 is 0. The predicted octanol–water partition coefficient (Wildman–Crippen LogP) is 4.89. The zero-order valence-corrected chi connectivity index (χ0v) is 17.6. The molecule has 3 aromatic rings. The second-order valence-electron chi connectivity index (χ2n) is 7.31. The van der Waals surface area contributed by atoms with E-state index in [1.807, 2.05) is 84.9 Å². The van der Waals surface area contributed by atoms with Gasteiger partial charge in [0.05, 0.1) is 6.61 Å². The first-order valence-electron chi connectivity index (χ1n) is 10.6. The summed E-state index contributed by atoms with van der Waals surface area (Å²) in [6.07, 6.45) is 2.84. The van der Waals surface area contributed by atoms with Gasteiger partial charge in [0, 0.05) is 18.5 Å². The molecule has 0 aliphatic rings. The third-order valence-electron chi connectivity index (χ3n) is 4.89. The zero-order chi connectivity index (χ0) is 21.7. The standard InChI is InChI=1S/C26H28N2O3/c29-25(28-31-20-21-10-4-1-5-11-21)14-8-3-9-19-27-26(30)24-17-15-23(16-18-24)22-12-6-2-7-13-22/h1-2,4-7,10-13,15-18H,3,8-9,14,19-20H2,(H,27,30)(H,28,29). The number of hydroxylamine groups is 1. The van der Waals surface area contributed by atoms with E-state index in [-0.39, 0.29) is 11.8 Å². The van der Waals surface area contributed by atoms with E-state index in [1.54, 1.807) is 0 Å². The predicted molar refractivity (Wildman–Crippen MR) is 122 cm³/mol. The van der Waals surface area contributed by atoms with Gasteiger partial charge in [0.1, 0.15) is 0 Å². The molecular weight excluding hydrogens is 388 g/mol. The van der Waals surface area contributed by atoms with E-state index < -0.39 is 0 Å². The molecule has 5 nitrogen and oxygen atoms in total. The van der Waals surface area contributed by atoms with E-state index in [1.165, 1.54) is 0 Å². The van der Waals surface area contributed by atoms with E-state index in [9.17, 15) is 9.59 Å². The summed E-state index contributed by atoms with van der Waals surface area (Å²) in [7, 11) is 0. The van der Waals surface area contributed by atoms with Crippen LogP contribution in [0.25, 0.3) is 11.1 Å². The first kappa shape index (κ1) is 22.2. The molecular formula is C26H28N2O3. The first-order chi connectivity index (χ1) is 15.2. The number of hydrogen-bond acceptors (Lipinski definition) is 3. The van der Waals surface area contributed by atoms with Crippen LogP contribution in [0.3, 0.4) is 0 Å². The molecule has 31 heavy (non-hydrogen) atoms. The fourth-order valence-electron chi connectivity index (χ4n) is 3.16. The minimum Gasteiger partial charge on any atom is -0.352 e. The van der Waals surface area contributed by atoms with Gasteiger partial charge in [-0.3, -0.25) is 14.4 Å². The van der Waals surface area contributed by atoms with Gasteiger partial charge in [0.2, 0.25) is 5.91 Å². The Kier molecular flexibility index (Phi) is 8.83. The van der Waals surface area contributed by atoms with E-state index in [0.717, 1.165) is 36.0 Å². The van der Waals surface area contributed by atoms with Crippen molar-refractivity contribution in [2.45, 2.75) is 32.3 Å². The largest absolute Gasteiger partial charge is 0.352 e. The van der Waals surface area contributed by atoms with Gasteiger partial charge in [-0.2, -0.15) is 0 Å². The van der Waals surface area contributed by atoms with Gasteiger partial charge in [0.15, 0.2) is 0 Å². The molecule has 160 valence electrons. The minimum absolute atomic E-state index is 0.0772. The summed E-state index contributed by atoms with van der Waals surface area (Å²) in [6.45, 7) is 0.941. The van der Waals surface area contributed by atoms with Crippen molar-refractivity contribution in [3.05, 3.63) is 96.1 Å². The van der Waals surface area contributed by atoms with Crippen molar-refractivity contribution in [1.82, 2.24) is 10.8 Å². The van der Waals surface area contributed by atoms with Crippen molar-refractivity contribution in [1.29, 1.82) is 0 Å². The molecule has 0 bridgehead atoms. The van der Waals surface area contributed by atoms with E-state index in [4.69, 9.17) is 4.84 Å². The van der Waals surface area contributed by atoms with Crippen LogP contribution in [0.2, 0.25) is 0 Å². The molecule has 0 fully saturated rings. The Morgan fingerprint density at radius 2 is 1.35 bits per heavy atom. The van der Waals surface area contributed by atoms with Crippen LogP contribution in [0.1, 0.15) is 41.6 Å². The number of carbonyl (C=O) groups excluding carboxylic acids is 2. The number of unbranched alkanes of at least 4 members (excludes halogenated alkanes) is 2. The lowest BCUT2D eigenvalue weighted by Gasteiger charge is -2.07. The molecule has 5 heteroatoms. The Hall–Kier alpha value is -3.44. The molecule has 2 N–H and O–H groups in total. The Labute approximate surface area is 183 Å². The summed E-state index contributed by atoms with van der Waals surface area (Å²) in [6, 6.07) is 27.4. The van der Waals surface area contributed by atoms with E-state index >= 15 is 0 Å². The summed E-state index contributed by atoms with van der Waals surface area (Å²) in [4.78, 5) is 29.3. The quantitative estimate of drug-likeness (QED) is 0.345. The monoisotopic (exact) mass is 416 g/mol. The number of hydrogen-bond donors (Lipinski definition) is 2. The van der Waals surface area contributed by atoms with Gasteiger partial charge < -0.3 is 5.32 Å². The Morgan fingerprint density at radius 1 is 0.710 bits per heavy atom. The molecule has 3 rings (SSSR count). The fraction of sp³-hybridized carbons (Fsp3) is 0.231. The molecule has 0 aliphatic carbocycles. The number of nitrogens with one attached hydrogen (secondary N) is 2. The SMILES string of the molecule is O=C(CCCCCNC(=O)c1ccc(-c2ccccc2)cc1)NOCc1ccccc1. The average Bonchev–Trinajstić information content (AvgIpc) is 2.82. The minimum atomic E-state index is -0.126. The second-order valence-corrected chi connectivity index (χ2v) is 7.31. The molecule has 0 spiro atoms. The molecule has 0 aromatic heterocycles. The lowest BCUT2D eigenvalue weighted by molar-refractivity contribution is -0.134. The van der Waals surface area contributed by atoms with Crippen molar-refractivity contribution in [2.24, 2.45) is 0 Å². The maximum Gasteiger partial charge on any atom is 0.251 e. The van der Waals surface area contributed by atoms with Crippen LogP contribution in [0.15, 0.2) is 84.9 Å². The third-order valence-corrected chi connectivity index (χ3v) is 4.89. The summed E-state index contributed by atoms with van der Waals surface area (Å²) in [5.41, 5.74) is 6.34. The smallest absolute Gasteiger partial charge is 0.251 e. The van der Waals surface area contributed by atoms with Crippen molar-refractivity contribution < 1.29 is 14.4 Å². The summed E-state index contributed by atoms with van der Waals surface area (Å²) >= 11 is 0. The van der Waals surface area contributed by atoms with Gasteiger partial charge in [-0.1, -0.05) is 79.2 Å². The third kappa shape index (κ3) is 7.72. The van der Waals surface area contributed by atoms with Crippen molar-refractivity contribution in [3.8, 4) is 11.1 Å². The summed E-state index contributed by atoms with van der Waals surface area (Å²) in [5, 5.41) is 2.93. The van der Waals surface area contributed by atoms with Gasteiger partial charge in [0.25, 0.3) is 5.91 Å². The van der Waals surface area contributed by atoms with E-state index in [0.29, 0.717) is 25.1 Å². The van der Waals surface area contributed by atoms with Crippen molar-refractivity contribution in [3.63, 3.8) is 0 Å². The number of rotatable bonds is 11. The number of amides is 2. The lowest BCUT2D eigenvalue weighted by atomic mass is 10.0. The van der Waals surface area contributed by atoms with Crippen LogP contribution >= 0.6 is 0 Å². The van der Waals surface area contributed by atoms with Gasteiger partial charge >= 0.3 is 0 Å².